The smallest absolute Gasteiger partial charge is 0.313 e. The Hall–Kier alpha value is -1.88. The van der Waals surface area contributed by atoms with Crippen molar-refractivity contribution in [3.63, 3.8) is 0 Å². The van der Waals surface area contributed by atoms with Crippen LogP contribution in [-0.2, 0) is 20.7 Å². The van der Waals surface area contributed by atoms with Gasteiger partial charge in [-0.25, -0.2) is 0 Å². The summed E-state index contributed by atoms with van der Waals surface area (Å²) in [5.41, 5.74) is 1.81. The largest absolute Gasteiger partial charge is 0.382 e. The molecule has 5 nitrogen and oxygen atoms in total. The number of hydrogen-bond donors (Lipinski definition) is 2. The summed E-state index contributed by atoms with van der Waals surface area (Å²) in [6, 6.07) is 7.43. The van der Waals surface area contributed by atoms with Gasteiger partial charge in [-0.05, 0) is 37.5 Å². The van der Waals surface area contributed by atoms with Crippen molar-refractivity contribution < 1.29 is 14.3 Å². The number of rotatable bonds is 7. The lowest BCUT2D eigenvalue weighted by molar-refractivity contribution is -0.136. The number of anilines is 1. The first kappa shape index (κ1) is 16.2. The minimum Gasteiger partial charge on any atom is -0.382 e. The third kappa shape index (κ3) is 5.84. The van der Waals surface area contributed by atoms with Gasteiger partial charge in [-0.1, -0.05) is 19.1 Å². The van der Waals surface area contributed by atoms with E-state index in [0.29, 0.717) is 31.9 Å². The maximum absolute atomic E-state index is 11.6. The van der Waals surface area contributed by atoms with Crippen molar-refractivity contribution in [2.45, 2.75) is 26.7 Å². The lowest BCUT2D eigenvalue weighted by atomic mass is 10.1. The van der Waals surface area contributed by atoms with Gasteiger partial charge >= 0.3 is 11.8 Å². The molecule has 0 radical (unpaired) electrons. The van der Waals surface area contributed by atoms with E-state index in [1.54, 1.807) is 12.1 Å². The van der Waals surface area contributed by atoms with E-state index in [0.717, 1.165) is 6.42 Å². The zero-order chi connectivity index (χ0) is 14.8. The van der Waals surface area contributed by atoms with Crippen molar-refractivity contribution in [3.05, 3.63) is 29.8 Å². The fourth-order valence-electron chi connectivity index (χ4n) is 1.61. The first-order chi connectivity index (χ1) is 9.67. The van der Waals surface area contributed by atoms with Crippen LogP contribution in [0.15, 0.2) is 24.3 Å². The molecule has 110 valence electrons. The molecule has 0 saturated heterocycles. The molecule has 1 aromatic carbocycles. The summed E-state index contributed by atoms with van der Waals surface area (Å²) in [5.74, 6) is -1.27. The van der Waals surface area contributed by atoms with Gasteiger partial charge in [0.2, 0.25) is 0 Å². The summed E-state index contributed by atoms with van der Waals surface area (Å²) in [4.78, 5) is 23.2. The van der Waals surface area contributed by atoms with E-state index in [4.69, 9.17) is 4.74 Å². The minimum atomic E-state index is -0.648. The summed E-state index contributed by atoms with van der Waals surface area (Å²) in [6.07, 6.45) is 1.63. The van der Waals surface area contributed by atoms with Crippen molar-refractivity contribution in [1.29, 1.82) is 0 Å². The maximum atomic E-state index is 11.6. The molecule has 0 aromatic heterocycles. The molecule has 5 heteroatoms. The average Bonchev–Trinajstić information content (AvgIpc) is 2.47. The normalized spacial score (nSPS) is 10.1. The van der Waals surface area contributed by atoms with Crippen LogP contribution in [0.5, 0.6) is 0 Å². The highest BCUT2D eigenvalue weighted by atomic mass is 16.5. The van der Waals surface area contributed by atoms with Gasteiger partial charge in [0.15, 0.2) is 0 Å². The van der Waals surface area contributed by atoms with Gasteiger partial charge in [-0.15, -0.1) is 0 Å². The molecule has 0 aliphatic rings. The molecule has 2 amide bonds. The summed E-state index contributed by atoms with van der Waals surface area (Å²) < 4.78 is 5.14. The van der Waals surface area contributed by atoms with E-state index in [9.17, 15) is 9.59 Å². The van der Waals surface area contributed by atoms with Gasteiger partial charge < -0.3 is 15.4 Å². The van der Waals surface area contributed by atoms with Crippen LogP contribution in [0.2, 0.25) is 0 Å². The number of carbonyl (C=O) groups excluding carboxylic acids is 2. The summed E-state index contributed by atoms with van der Waals surface area (Å²) in [7, 11) is 0. The van der Waals surface area contributed by atoms with Gasteiger partial charge in [0.25, 0.3) is 0 Å². The van der Waals surface area contributed by atoms with Gasteiger partial charge in [0, 0.05) is 25.4 Å². The van der Waals surface area contributed by atoms with Crippen molar-refractivity contribution in [1.82, 2.24) is 5.32 Å². The van der Waals surface area contributed by atoms with Crippen LogP contribution in [0, 0.1) is 0 Å². The van der Waals surface area contributed by atoms with Gasteiger partial charge in [0.05, 0.1) is 0 Å². The summed E-state index contributed by atoms with van der Waals surface area (Å²) in [5, 5.41) is 5.12. The second-order valence-electron chi connectivity index (χ2n) is 4.31. The molecule has 0 unspecified atom stereocenters. The minimum absolute atomic E-state index is 0.432. The SMILES string of the molecule is CCOCCCNC(=O)C(=O)Nc1ccc(CC)cc1. The molecule has 2 N–H and O–H groups in total. The first-order valence-corrected chi connectivity index (χ1v) is 6.93. The van der Waals surface area contributed by atoms with E-state index >= 15 is 0 Å². The molecule has 0 aliphatic carbocycles. The third-order valence-corrected chi connectivity index (χ3v) is 2.78. The molecule has 0 atom stereocenters. The Balaban J connectivity index is 2.31. The van der Waals surface area contributed by atoms with Crippen LogP contribution >= 0.6 is 0 Å². The number of carbonyl (C=O) groups is 2. The highest BCUT2D eigenvalue weighted by Gasteiger charge is 2.12. The number of hydrogen-bond acceptors (Lipinski definition) is 3. The Labute approximate surface area is 119 Å². The molecular formula is C15H22N2O3. The van der Waals surface area contributed by atoms with Crippen LogP contribution in [0.3, 0.4) is 0 Å². The van der Waals surface area contributed by atoms with Crippen LogP contribution in [0.25, 0.3) is 0 Å². The molecule has 0 saturated carbocycles. The molecule has 0 fully saturated rings. The molecule has 20 heavy (non-hydrogen) atoms. The van der Waals surface area contributed by atoms with Crippen LogP contribution in [0.4, 0.5) is 5.69 Å². The summed E-state index contributed by atoms with van der Waals surface area (Å²) >= 11 is 0. The van der Waals surface area contributed by atoms with Crippen LogP contribution in [0.1, 0.15) is 25.8 Å². The topological polar surface area (TPSA) is 67.4 Å². The average molecular weight is 278 g/mol. The van der Waals surface area contributed by atoms with Crippen molar-refractivity contribution in [3.8, 4) is 0 Å². The molecule has 0 bridgehead atoms. The van der Waals surface area contributed by atoms with Crippen molar-refractivity contribution >= 4 is 17.5 Å². The molecule has 1 aromatic rings. The molecule has 1 rings (SSSR count). The van der Waals surface area contributed by atoms with E-state index < -0.39 is 11.8 Å². The second-order valence-corrected chi connectivity index (χ2v) is 4.31. The Bertz CT molecular complexity index is 429. The van der Waals surface area contributed by atoms with Crippen LogP contribution in [-0.4, -0.2) is 31.6 Å². The number of benzene rings is 1. The van der Waals surface area contributed by atoms with E-state index in [1.807, 2.05) is 19.1 Å². The van der Waals surface area contributed by atoms with Crippen LogP contribution < -0.4 is 10.6 Å². The van der Waals surface area contributed by atoms with Crippen molar-refractivity contribution in [2.75, 3.05) is 25.1 Å². The Morgan fingerprint density at radius 3 is 2.40 bits per heavy atom. The standard InChI is InChI=1S/C15H22N2O3/c1-3-12-6-8-13(9-7-12)17-15(19)14(18)16-10-5-11-20-4-2/h6-9H,3-5,10-11H2,1-2H3,(H,16,18)(H,17,19). The number of aryl methyl sites for hydroxylation is 1. The Kier molecular flexibility index (Phi) is 7.35. The zero-order valence-electron chi connectivity index (χ0n) is 12.1. The molecule has 0 spiro atoms. The fourth-order valence-corrected chi connectivity index (χ4v) is 1.61. The number of nitrogens with one attached hydrogen (secondary N) is 2. The summed E-state index contributed by atoms with van der Waals surface area (Å²) in [6.45, 7) is 5.64. The van der Waals surface area contributed by atoms with Gasteiger partial charge in [-0.2, -0.15) is 0 Å². The van der Waals surface area contributed by atoms with Gasteiger partial charge in [-0.3, -0.25) is 9.59 Å². The monoisotopic (exact) mass is 278 g/mol. The zero-order valence-corrected chi connectivity index (χ0v) is 12.1. The molecular weight excluding hydrogens is 256 g/mol. The highest BCUT2D eigenvalue weighted by Crippen LogP contribution is 2.09. The third-order valence-electron chi connectivity index (χ3n) is 2.78. The maximum Gasteiger partial charge on any atom is 0.313 e. The highest BCUT2D eigenvalue weighted by molar-refractivity contribution is 6.39. The fraction of sp³-hybridized carbons (Fsp3) is 0.467. The predicted molar refractivity (Wildman–Crippen MR) is 78.6 cm³/mol. The Morgan fingerprint density at radius 1 is 1.10 bits per heavy atom. The lowest BCUT2D eigenvalue weighted by Gasteiger charge is -2.07. The van der Waals surface area contributed by atoms with E-state index in [2.05, 4.69) is 17.6 Å². The van der Waals surface area contributed by atoms with Crippen molar-refractivity contribution in [2.24, 2.45) is 0 Å². The van der Waals surface area contributed by atoms with Gasteiger partial charge in [0.1, 0.15) is 0 Å². The van der Waals surface area contributed by atoms with E-state index in [1.165, 1.54) is 5.56 Å². The molecule has 0 aliphatic heterocycles. The number of ether oxygens (including phenoxy) is 1. The predicted octanol–water partition coefficient (Wildman–Crippen LogP) is 1.73. The number of amides is 2. The van der Waals surface area contributed by atoms with E-state index in [-0.39, 0.29) is 0 Å². The molecule has 0 heterocycles. The Morgan fingerprint density at radius 2 is 1.80 bits per heavy atom. The lowest BCUT2D eigenvalue weighted by Crippen LogP contribution is -2.36. The quantitative estimate of drug-likeness (QED) is 0.589. The first-order valence-electron chi connectivity index (χ1n) is 6.93. The second kappa shape index (κ2) is 9.09.